The van der Waals surface area contributed by atoms with Crippen LogP contribution in [0.25, 0.3) is 11.1 Å². The first-order valence-corrected chi connectivity index (χ1v) is 8.58. The van der Waals surface area contributed by atoms with Crippen molar-refractivity contribution in [2.75, 3.05) is 18.6 Å². The molecule has 0 radical (unpaired) electrons. The molecule has 1 fully saturated rings. The number of aliphatic carboxylic acids is 1. The lowest BCUT2D eigenvalue weighted by molar-refractivity contribution is -0.141. The molecule has 1 unspecified atom stereocenters. The van der Waals surface area contributed by atoms with Gasteiger partial charge >= 0.3 is 5.97 Å². The molecular formula is C18H19NO4S. The molecule has 5 nitrogen and oxygen atoms in total. The van der Waals surface area contributed by atoms with Crippen LogP contribution in [0.3, 0.4) is 0 Å². The number of aryl methyl sites for hydroxylation is 1. The number of methoxy groups -OCH3 is 1. The highest BCUT2D eigenvalue weighted by Gasteiger charge is 2.35. The average Bonchev–Trinajstić information content (AvgIpc) is 3.15. The van der Waals surface area contributed by atoms with Crippen LogP contribution in [0.5, 0.6) is 0 Å². The van der Waals surface area contributed by atoms with Gasteiger partial charge < -0.3 is 14.7 Å². The Morgan fingerprint density at radius 3 is 2.79 bits per heavy atom. The Hall–Kier alpha value is -2.18. The Morgan fingerprint density at radius 1 is 1.38 bits per heavy atom. The molecule has 0 bridgehead atoms. The second kappa shape index (κ2) is 6.75. The Balaban J connectivity index is 1.84. The number of rotatable bonds is 5. The largest absolute Gasteiger partial charge is 0.481 e. The highest BCUT2D eigenvalue weighted by molar-refractivity contribution is 7.10. The summed E-state index contributed by atoms with van der Waals surface area (Å²) >= 11 is 1.65. The first-order valence-electron chi connectivity index (χ1n) is 7.70. The number of amides is 1. The van der Waals surface area contributed by atoms with E-state index in [0.29, 0.717) is 6.61 Å². The zero-order valence-corrected chi connectivity index (χ0v) is 14.4. The summed E-state index contributed by atoms with van der Waals surface area (Å²) in [5, 5.41) is 11.2. The van der Waals surface area contributed by atoms with E-state index in [9.17, 15) is 9.59 Å². The number of anilines is 1. The van der Waals surface area contributed by atoms with E-state index in [1.807, 2.05) is 25.1 Å². The first-order chi connectivity index (χ1) is 11.5. The van der Waals surface area contributed by atoms with Crippen LogP contribution in [0, 0.1) is 12.8 Å². The van der Waals surface area contributed by atoms with E-state index >= 15 is 0 Å². The number of nitrogens with zero attached hydrogens (tertiary/aromatic N) is 1. The number of carbonyl (C=O) groups excluding carboxylic acids is 1. The van der Waals surface area contributed by atoms with E-state index in [0.717, 1.165) is 27.3 Å². The highest BCUT2D eigenvalue weighted by atomic mass is 32.1. The molecule has 1 aliphatic heterocycles. The van der Waals surface area contributed by atoms with Crippen molar-refractivity contribution in [2.45, 2.75) is 20.0 Å². The number of ether oxygens (including phenoxy) is 1. The van der Waals surface area contributed by atoms with Gasteiger partial charge in [0.1, 0.15) is 0 Å². The Labute approximate surface area is 144 Å². The van der Waals surface area contributed by atoms with Crippen LogP contribution in [-0.4, -0.2) is 30.6 Å². The van der Waals surface area contributed by atoms with Crippen LogP contribution in [-0.2, 0) is 20.9 Å². The third-order valence-corrected chi connectivity index (χ3v) is 5.15. The van der Waals surface area contributed by atoms with Crippen molar-refractivity contribution in [3.05, 3.63) is 40.1 Å². The molecule has 1 saturated heterocycles. The number of benzene rings is 1. The molecule has 1 aliphatic rings. The molecule has 1 N–H and O–H groups in total. The fourth-order valence-corrected chi connectivity index (χ4v) is 3.86. The minimum absolute atomic E-state index is 0.0709. The molecule has 1 amide bonds. The lowest BCUT2D eigenvalue weighted by atomic mass is 10.0. The van der Waals surface area contributed by atoms with Gasteiger partial charge in [-0.05, 0) is 47.2 Å². The van der Waals surface area contributed by atoms with Crippen LogP contribution < -0.4 is 4.90 Å². The van der Waals surface area contributed by atoms with Gasteiger partial charge in [-0.1, -0.05) is 6.07 Å². The number of hydrogen-bond acceptors (Lipinski definition) is 4. The van der Waals surface area contributed by atoms with Gasteiger partial charge in [0.2, 0.25) is 5.91 Å². The summed E-state index contributed by atoms with van der Waals surface area (Å²) in [7, 11) is 1.68. The van der Waals surface area contributed by atoms with Crippen molar-refractivity contribution >= 4 is 28.9 Å². The van der Waals surface area contributed by atoms with Crippen LogP contribution in [0.15, 0.2) is 29.6 Å². The molecule has 1 aromatic carbocycles. The predicted octanol–water partition coefficient (Wildman–Crippen LogP) is 3.31. The Morgan fingerprint density at radius 2 is 2.17 bits per heavy atom. The van der Waals surface area contributed by atoms with Crippen LogP contribution in [0.2, 0.25) is 0 Å². The zero-order chi connectivity index (χ0) is 17.3. The minimum atomic E-state index is -0.913. The average molecular weight is 345 g/mol. The SMILES string of the molecule is COCc1cc(-c2ccc(N3CC(C(=O)O)CC3=O)c(C)c2)cs1. The third-order valence-electron chi connectivity index (χ3n) is 4.24. The van der Waals surface area contributed by atoms with Crippen molar-refractivity contribution in [1.29, 1.82) is 0 Å². The van der Waals surface area contributed by atoms with Crippen LogP contribution >= 0.6 is 11.3 Å². The molecule has 3 rings (SSSR count). The normalized spacial score (nSPS) is 17.5. The summed E-state index contributed by atoms with van der Waals surface area (Å²) in [6.45, 7) is 2.79. The van der Waals surface area contributed by atoms with Gasteiger partial charge in [0, 0.05) is 30.6 Å². The third kappa shape index (κ3) is 3.20. The fraction of sp³-hybridized carbons (Fsp3) is 0.333. The first kappa shape index (κ1) is 16.7. The van der Waals surface area contributed by atoms with Gasteiger partial charge in [-0.2, -0.15) is 0 Å². The van der Waals surface area contributed by atoms with E-state index in [4.69, 9.17) is 9.84 Å². The van der Waals surface area contributed by atoms with Gasteiger partial charge in [0.25, 0.3) is 0 Å². The number of carboxylic acid groups (broad SMARTS) is 1. The number of carbonyl (C=O) groups is 2. The number of thiophene rings is 1. The molecule has 2 heterocycles. The quantitative estimate of drug-likeness (QED) is 0.903. The summed E-state index contributed by atoms with van der Waals surface area (Å²) in [5.74, 6) is -1.66. The van der Waals surface area contributed by atoms with Crippen molar-refractivity contribution in [3.8, 4) is 11.1 Å². The lowest BCUT2D eigenvalue weighted by Crippen LogP contribution is -2.26. The van der Waals surface area contributed by atoms with Gasteiger partial charge in [-0.3, -0.25) is 9.59 Å². The number of carboxylic acids is 1. The second-order valence-corrected chi connectivity index (χ2v) is 6.98. The summed E-state index contributed by atoms with van der Waals surface area (Å²) in [5.41, 5.74) is 3.96. The summed E-state index contributed by atoms with van der Waals surface area (Å²) in [6, 6.07) is 8.02. The maximum Gasteiger partial charge on any atom is 0.308 e. The zero-order valence-electron chi connectivity index (χ0n) is 13.6. The molecule has 1 aromatic heterocycles. The van der Waals surface area contributed by atoms with Crippen LogP contribution in [0.4, 0.5) is 5.69 Å². The molecule has 6 heteroatoms. The number of hydrogen-bond donors (Lipinski definition) is 1. The summed E-state index contributed by atoms with van der Waals surface area (Å²) in [6.07, 6.45) is 0.0709. The van der Waals surface area contributed by atoms with Crippen molar-refractivity contribution in [1.82, 2.24) is 0 Å². The van der Waals surface area contributed by atoms with Crippen molar-refractivity contribution < 1.29 is 19.4 Å². The van der Waals surface area contributed by atoms with Gasteiger partial charge in [-0.15, -0.1) is 11.3 Å². The molecule has 126 valence electrons. The van der Waals surface area contributed by atoms with E-state index in [-0.39, 0.29) is 18.9 Å². The fourth-order valence-electron chi connectivity index (χ4n) is 2.99. The van der Waals surface area contributed by atoms with Crippen molar-refractivity contribution in [3.63, 3.8) is 0 Å². The monoisotopic (exact) mass is 345 g/mol. The van der Waals surface area contributed by atoms with Crippen molar-refractivity contribution in [2.24, 2.45) is 5.92 Å². The molecule has 0 spiro atoms. The predicted molar refractivity (Wildman–Crippen MR) is 93.3 cm³/mol. The van der Waals surface area contributed by atoms with Gasteiger partial charge in [0.15, 0.2) is 0 Å². The van der Waals surface area contributed by atoms with E-state index in [2.05, 4.69) is 11.4 Å². The molecule has 24 heavy (non-hydrogen) atoms. The van der Waals surface area contributed by atoms with E-state index < -0.39 is 11.9 Å². The molecule has 0 saturated carbocycles. The minimum Gasteiger partial charge on any atom is -0.481 e. The summed E-state index contributed by atoms with van der Waals surface area (Å²) in [4.78, 5) is 26.0. The standard InChI is InChI=1S/C18H19NO4S/c1-11-5-12(14-6-15(9-23-2)24-10-14)3-4-16(11)19-8-13(18(21)22)7-17(19)20/h3-6,10,13H,7-9H2,1-2H3,(H,21,22). The molecule has 0 aliphatic carbocycles. The topological polar surface area (TPSA) is 66.8 Å². The van der Waals surface area contributed by atoms with E-state index in [1.54, 1.807) is 23.3 Å². The Kier molecular flexibility index (Phi) is 4.69. The maximum absolute atomic E-state index is 12.1. The molecule has 1 atom stereocenters. The smallest absolute Gasteiger partial charge is 0.308 e. The summed E-state index contributed by atoms with van der Waals surface area (Å²) < 4.78 is 5.15. The Bertz CT molecular complexity index is 783. The van der Waals surface area contributed by atoms with Crippen LogP contribution in [0.1, 0.15) is 16.9 Å². The molecular weight excluding hydrogens is 326 g/mol. The van der Waals surface area contributed by atoms with Gasteiger partial charge in [0.05, 0.1) is 12.5 Å². The maximum atomic E-state index is 12.1. The highest BCUT2D eigenvalue weighted by Crippen LogP contribution is 2.33. The molecule has 2 aromatic rings. The second-order valence-electron chi connectivity index (χ2n) is 5.98. The van der Waals surface area contributed by atoms with E-state index in [1.165, 1.54) is 0 Å². The lowest BCUT2D eigenvalue weighted by Gasteiger charge is -2.19. The van der Waals surface area contributed by atoms with Gasteiger partial charge in [-0.25, -0.2) is 0 Å².